The Morgan fingerprint density at radius 2 is 1.35 bits per heavy atom. The summed E-state index contributed by atoms with van der Waals surface area (Å²) >= 11 is 5.54. The summed E-state index contributed by atoms with van der Waals surface area (Å²) in [5.74, 6) is 13.7. The number of hydrazine groups is 2. The van der Waals surface area contributed by atoms with Crippen molar-refractivity contribution >= 4 is 17.4 Å². The molecule has 2 aromatic rings. The Balaban J connectivity index is 0. The summed E-state index contributed by atoms with van der Waals surface area (Å²) in [6, 6.07) is 0. The predicted molar refractivity (Wildman–Crippen MR) is 81.5 cm³/mol. The molecule has 0 saturated carbocycles. The summed E-state index contributed by atoms with van der Waals surface area (Å²) < 4.78 is 0. The molecular formula is C11H21ClN8. The molecule has 2 aromatic heterocycles. The third-order valence-corrected chi connectivity index (χ3v) is 2.21. The van der Waals surface area contributed by atoms with Gasteiger partial charge in [0, 0.05) is 24.8 Å². The third-order valence-electron chi connectivity index (χ3n) is 1.84. The average Bonchev–Trinajstić information content (AvgIpc) is 2.46. The number of anilines is 1. The molecule has 0 bridgehead atoms. The van der Waals surface area contributed by atoms with E-state index in [2.05, 4.69) is 37.0 Å². The molecule has 9 heteroatoms. The monoisotopic (exact) mass is 300 g/mol. The van der Waals surface area contributed by atoms with Crippen LogP contribution in [0.1, 0.15) is 18.8 Å². The van der Waals surface area contributed by atoms with Crippen molar-refractivity contribution in [3.63, 3.8) is 0 Å². The standard InChI is InChI=1S/C5H5ClN2.C5H8N4.CH4.H4N2/c1-4-5(6)8-3-2-7-4;1-4-5(9-6)8-3-2-7-4;;1-2/h2-3H,1H3;2-3H,6H2,1H3,(H,8,9);1H4;1-2H2. The van der Waals surface area contributed by atoms with Crippen molar-refractivity contribution in [2.45, 2.75) is 21.3 Å². The molecule has 0 radical (unpaired) electrons. The normalized spacial score (nSPS) is 8.10. The number of nitrogens with two attached hydrogens (primary N) is 3. The van der Waals surface area contributed by atoms with Crippen molar-refractivity contribution in [1.82, 2.24) is 19.9 Å². The van der Waals surface area contributed by atoms with E-state index in [1.807, 2.05) is 13.8 Å². The van der Waals surface area contributed by atoms with E-state index in [1.165, 1.54) is 0 Å². The highest BCUT2D eigenvalue weighted by Gasteiger charge is 1.92. The van der Waals surface area contributed by atoms with Crippen molar-refractivity contribution in [2.24, 2.45) is 17.5 Å². The maximum Gasteiger partial charge on any atom is 0.161 e. The Bertz CT molecular complexity index is 458. The second kappa shape index (κ2) is 12.2. The maximum absolute atomic E-state index is 5.54. The van der Waals surface area contributed by atoms with Crippen LogP contribution in [0.3, 0.4) is 0 Å². The van der Waals surface area contributed by atoms with E-state index in [0.29, 0.717) is 11.0 Å². The van der Waals surface area contributed by atoms with Gasteiger partial charge >= 0.3 is 0 Å². The number of nitrogens with zero attached hydrogens (tertiary/aromatic N) is 4. The third kappa shape index (κ3) is 7.54. The molecule has 0 aliphatic rings. The number of aryl methyl sites for hydroxylation is 2. The van der Waals surface area contributed by atoms with Gasteiger partial charge < -0.3 is 5.43 Å². The zero-order valence-corrected chi connectivity index (χ0v) is 11.5. The Morgan fingerprint density at radius 1 is 0.900 bits per heavy atom. The Labute approximate surface area is 123 Å². The molecule has 20 heavy (non-hydrogen) atoms. The summed E-state index contributed by atoms with van der Waals surface area (Å²) in [5.41, 5.74) is 4.00. The smallest absolute Gasteiger partial charge is 0.161 e. The van der Waals surface area contributed by atoms with Crippen molar-refractivity contribution in [3.8, 4) is 0 Å². The number of hydrogen-bond acceptors (Lipinski definition) is 8. The lowest BCUT2D eigenvalue weighted by Crippen LogP contribution is -2.10. The molecular weight excluding hydrogens is 280 g/mol. The summed E-state index contributed by atoms with van der Waals surface area (Å²) in [4.78, 5) is 15.5. The minimum absolute atomic E-state index is 0. The quantitative estimate of drug-likeness (QED) is 0.450. The van der Waals surface area contributed by atoms with Crippen LogP contribution in [0, 0.1) is 13.8 Å². The van der Waals surface area contributed by atoms with Gasteiger partial charge in [0.2, 0.25) is 0 Å². The van der Waals surface area contributed by atoms with Crippen molar-refractivity contribution in [1.29, 1.82) is 0 Å². The Morgan fingerprint density at radius 3 is 1.65 bits per heavy atom. The number of rotatable bonds is 1. The molecule has 0 saturated heterocycles. The summed E-state index contributed by atoms with van der Waals surface area (Å²) in [5, 5.41) is 0.479. The SMILES string of the molecule is C.Cc1nccnc1Cl.Cc1nccnc1NN.NN. The molecule has 7 N–H and O–H groups in total. The molecule has 0 aliphatic heterocycles. The van der Waals surface area contributed by atoms with Gasteiger partial charge in [-0.15, -0.1) is 0 Å². The number of hydrogen-bond donors (Lipinski definition) is 4. The fourth-order valence-electron chi connectivity index (χ4n) is 0.940. The van der Waals surface area contributed by atoms with Crippen LogP contribution in [-0.4, -0.2) is 19.9 Å². The lowest BCUT2D eigenvalue weighted by Gasteiger charge is -1.98. The van der Waals surface area contributed by atoms with Crippen LogP contribution in [0.25, 0.3) is 0 Å². The second-order valence-electron chi connectivity index (χ2n) is 3.07. The van der Waals surface area contributed by atoms with Crippen LogP contribution in [0.4, 0.5) is 5.82 Å². The summed E-state index contributed by atoms with van der Waals surface area (Å²) in [6.07, 6.45) is 6.38. The second-order valence-corrected chi connectivity index (χ2v) is 3.43. The van der Waals surface area contributed by atoms with Crippen LogP contribution >= 0.6 is 11.6 Å². The molecule has 0 amide bonds. The van der Waals surface area contributed by atoms with Crippen molar-refractivity contribution < 1.29 is 0 Å². The lowest BCUT2D eigenvalue weighted by atomic mass is 10.5. The van der Waals surface area contributed by atoms with E-state index in [9.17, 15) is 0 Å². The molecule has 0 unspecified atom stereocenters. The van der Waals surface area contributed by atoms with Crippen LogP contribution < -0.4 is 23.0 Å². The minimum Gasteiger partial charge on any atom is -0.307 e. The van der Waals surface area contributed by atoms with Gasteiger partial charge in [0.25, 0.3) is 0 Å². The minimum atomic E-state index is 0. The zero-order valence-electron chi connectivity index (χ0n) is 10.7. The highest BCUT2D eigenvalue weighted by Crippen LogP contribution is 2.04. The molecule has 8 nitrogen and oxygen atoms in total. The van der Waals surface area contributed by atoms with E-state index >= 15 is 0 Å². The van der Waals surface area contributed by atoms with Gasteiger partial charge in [0.15, 0.2) is 5.82 Å². The van der Waals surface area contributed by atoms with E-state index in [0.717, 1.165) is 11.4 Å². The molecule has 0 atom stereocenters. The van der Waals surface area contributed by atoms with Gasteiger partial charge in [0.1, 0.15) is 5.15 Å². The van der Waals surface area contributed by atoms with Gasteiger partial charge in [-0.25, -0.2) is 15.8 Å². The Hall–Kier alpha value is -1.87. The van der Waals surface area contributed by atoms with Crippen LogP contribution in [0.15, 0.2) is 24.8 Å². The van der Waals surface area contributed by atoms with Gasteiger partial charge in [-0.1, -0.05) is 19.0 Å². The highest BCUT2D eigenvalue weighted by atomic mass is 35.5. The molecule has 0 fully saturated rings. The molecule has 0 spiro atoms. The summed E-state index contributed by atoms with van der Waals surface area (Å²) in [7, 11) is 0. The van der Waals surface area contributed by atoms with Gasteiger partial charge in [-0.05, 0) is 13.8 Å². The van der Waals surface area contributed by atoms with Crippen LogP contribution in [0.5, 0.6) is 0 Å². The van der Waals surface area contributed by atoms with Crippen LogP contribution in [0.2, 0.25) is 5.15 Å². The Kier molecular flexibility index (Phi) is 12.5. The first-order valence-corrected chi connectivity index (χ1v) is 5.53. The zero-order chi connectivity index (χ0) is 14.7. The van der Waals surface area contributed by atoms with Crippen molar-refractivity contribution in [3.05, 3.63) is 41.3 Å². The topological polar surface area (TPSA) is 142 Å². The first-order valence-electron chi connectivity index (χ1n) is 5.15. The first kappa shape index (κ1) is 20.4. The van der Waals surface area contributed by atoms with E-state index in [1.54, 1.807) is 24.8 Å². The number of aromatic nitrogens is 4. The van der Waals surface area contributed by atoms with E-state index in [4.69, 9.17) is 17.4 Å². The largest absolute Gasteiger partial charge is 0.307 e. The molecule has 0 aliphatic carbocycles. The molecule has 0 aromatic carbocycles. The number of nitrogen functional groups attached to an aromatic ring is 1. The lowest BCUT2D eigenvalue weighted by molar-refractivity contribution is 1.09. The van der Waals surface area contributed by atoms with Gasteiger partial charge in [-0.2, -0.15) is 0 Å². The summed E-state index contributed by atoms with van der Waals surface area (Å²) in [6.45, 7) is 3.65. The highest BCUT2D eigenvalue weighted by molar-refractivity contribution is 6.29. The number of nitrogens with one attached hydrogen (secondary N) is 1. The molecule has 2 heterocycles. The van der Waals surface area contributed by atoms with Gasteiger partial charge in [-0.3, -0.25) is 21.7 Å². The first-order chi connectivity index (χ1) is 9.15. The van der Waals surface area contributed by atoms with Crippen molar-refractivity contribution in [2.75, 3.05) is 5.43 Å². The predicted octanol–water partition coefficient (Wildman–Crippen LogP) is 0.964. The van der Waals surface area contributed by atoms with E-state index < -0.39 is 0 Å². The maximum atomic E-state index is 5.54. The fourth-order valence-corrected chi connectivity index (χ4v) is 1.05. The number of halogens is 1. The fraction of sp³-hybridized carbons (Fsp3) is 0.273. The average molecular weight is 301 g/mol. The van der Waals surface area contributed by atoms with Crippen LogP contribution in [-0.2, 0) is 0 Å². The molecule has 112 valence electrons. The van der Waals surface area contributed by atoms with Gasteiger partial charge in [0.05, 0.1) is 11.4 Å². The van der Waals surface area contributed by atoms with E-state index in [-0.39, 0.29) is 7.43 Å². The molecule has 2 rings (SSSR count).